The van der Waals surface area contributed by atoms with E-state index in [0.717, 1.165) is 34.5 Å². The van der Waals surface area contributed by atoms with Crippen LogP contribution in [0.1, 0.15) is 10.4 Å². The number of methoxy groups -OCH3 is 1. The number of benzene rings is 2. The van der Waals surface area contributed by atoms with Crippen molar-refractivity contribution < 1.29 is 9.53 Å². The van der Waals surface area contributed by atoms with Crippen LogP contribution in [-0.4, -0.2) is 23.4 Å². The molecule has 1 aromatic heterocycles. The molecule has 0 unspecified atom stereocenters. The van der Waals surface area contributed by atoms with E-state index < -0.39 is 0 Å². The van der Waals surface area contributed by atoms with Gasteiger partial charge in [-0.1, -0.05) is 12.1 Å². The highest BCUT2D eigenvalue weighted by atomic mass is 16.5. The van der Waals surface area contributed by atoms with Gasteiger partial charge in [0.2, 0.25) is 0 Å². The van der Waals surface area contributed by atoms with Gasteiger partial charge in [0.05, 0.1) is 18.1 Å². The van der Waals surface area contributed by atoms with Crippen molar-refractivity contribution in [2.45, 2.75) is 0 Å². The van der Waals surface area contributed by atoms with E-state index in [-0.39, 0.29) is 0 Å². The smallest absolute Gasteiger partial charge is 0.150 e. The molecule has 19 heavy (non-hydrogen) atoms. The number of hydrogen-bond donors (Lipinski definition) is 1. The fourth-order valence-electron chi connectivity index (χ4n) is 2.01. The summed E-state index contributed by atoms with van der Waals surface area (Å²) in [6, 6.07) is 13.1. The summed E-state index contributed by atoms with van der Waals surface area (Å²) in [5.41, 5.74) is 3.27. The molecule has 0 fully saturated rings. The van der Waals surface area contributed by atoms with Crippen LogP contribution < -0.4 is 4.74 Å². The van der Waals surface area contributed by atoms with Crippen molar-refractivity contribution in [1.82, 2.24) is 9.97 Å². The second kappa shape index (κ2) is 4.57. The summed E-state index contributed by atoms with van der Waals surface area (Å²) >= 11 is 0. The first kappa shape index (κ1) is 11.5. The van der Waals surface area contributed by atoms with Crippen molar-refractivity contribution in [3.8, 4) is 17.1 Å². The van der Waals surface area contributed by atoms with Crippen molar-refractivity contribution in [2.75, 3.05) is 7.11 Å². The molecular formula is C15H12N2O2. The lowest BCUT2D eigenvalue weighted by Crippen LogP contribution is -1.84. The fraction of sp³-hybridized carbons (Fsp3) is 0.0667. The van der Waals surface area contributed by atoms with Crippen molar-refractivity contribution in [1.29, 1.82) is 0 Å². The number of nitrogens with one attached hydrogen (secondary N) is 1. The van der Waals surface area contributed by atoms with Gasteiger partial charge in [0.15, 0.2) is 0 Å². The lowest BCUT2D eigenvalue weighted by molar-refractivity contribution is 0.112. The molecule has 4 heteroatoms. The molecule has 0 aliphatic carbocycles. The van der Waals surface area contributed by atoms with Gasteiger partial charge in [0, 0.05) is 11.1 Å². The Hall–Kier alpha value is -2.62. The summed E-state index contributed by atoms with van der Waals surface area (Å²) < 4.78 is 5.20. The highest BCUT2D eigenvalue weighted by molar-refractivity contribution is 5.86. The molecule has 94 valence electrons. The second-order valence-electron chi connectivity index (χ2n) is 4.21. The minimum absolute atomic E-state index is 0.633. The van der Waals surface area contributed by atoms with E-state index in [1.165, 1.54) is 0 Å². The van der Waals surface area contributed by atoms with Crippen LogP contribution in [-0.2, 0) is 0 Å². The number of fused-ring (bicyclic) bond motifs is 1. The molecule has 4 nitrogen and oxygen atoms in total. The maximum absolute atomic E-state index is 10.8. The maximum Gasteiger partial charge on any atom is 0.150 e. The number of carbonyl (C=O) groups is 1. The predicted octanol–water partition coefficient (Wildman–Crippen LogP) is 3.05. The third-order valence-corrected chi connectivity index (χ3v) is 2.99. The average Bonchev–Trinajstić information content (AvgIpc) is 2.90. The van der Waals surface area contributed by atoms with Gasteiger partial charge < -0.3 is 9.72 Å². The van der Waals surface area contributed by atoms with E-state index in [1.807, 2.05) is 30.3 Å². The Bertz CT molecular complexity index is 747. The Labute approximate surface area is 110 Å². The highest BCUT2D eigenvalue weighted by Gasteiger charge is 2.06. The summed E-state index contributed by atoms with van der Waals surface area (Å²) in [6.45, 7) is 0. The third-order valence-electron chi connectivity index (χ3n) is 2.99. The van der Waals surface area contributed by atoms with Gasteiger partial charge in [0.25, 0.3) is 0 Å². The highest BCUT2D eigenvalue weighted by Crippen LogP contribution is 2.24. The van der Waals surface area contributed by atoms with Crippen LogP contribution in [0.4, 0.5) is 0 Å². The molecular weight excluding hydrogens is 240 g/mol. The van der Waals surface area contributed by atoms with Gasteiger partial charge in [-0.25, -0.2) is 4.98 Å². The van der Waals surface area contributed by atoms with Crippen LogP contribution in [0, 0.1) is 0 Å². The normalized spacial score (nSPS) is 10.6. The zero-order valence-electron chi connectivity index (χ0n) is 10.4. The summed E-state index contributed by atoms with van der Waals surface area (Å²) in [7, 11) is 1.63. The summed E-state index contributed by atoms with van der Waals surface area (Å²) in [4.78, 5) is 18.5. The van der Waals surface area contributed by atoms with Crippen molar-refractivity contribution in [2.24, 2.45) is 0 Å². The van der Waals surface area contributed by atoms with E-state index in [0.29, 0.717) is 5.56 Å². The molecule has 0 saturated heterocycles. The Morgan fingerprint density at radius 3 is 2.89 bits per heavy atom. The van der Waals surface area contributed by atoms with Gasteiger partial charge in [0.1, 0.15) is 17.9 Å². The number of aldehydes is 1. The lowest BCUT2D eigenvalue weighted by Gasteiger charge is -2.01. The average molecular weight is 252 g/mol. The molecule has 0 atom stereocenters. The Kier molecular flexibility index (Phi) is 2.76. The Balaban J connectivity index is 2.11. The number of rotatable bonds is 3. The SMILES string of the molecule is COc1cccc(-c2nc3ccc(C=O)cc3[nH]2)c1. The summed E-state index contributed by atoms with van der Waals surface area (Å²) in [5, 5.41) is 0. The molecule has 2 aromatic carbocycles. The van der Waals surface area contributed by atoms with E-state index in [2.05, 4.69) is 9.97 Å². The second-order valence-corrected chi connectivity index (χ2v) is 4.21. The lowest BCUT2D eigenvalue weighted by atomic mass is 10.2. The number of H-pyrrole nitrogens is 1. The molecule has 1 N–H and O–H groups in total. The molecule has 0 saturated carbocycles. The minimum Gasteiger partial charge on any atom is -0.497 e. The first-order valence-electron chi connectivity index (χ1n) is 5.89. The number of hydrogen-bond acceptors (Lipinski definition) is 3. The molecule has 0 aliphatic rings. The van der Waals surface area contributed by atoms with Crippen LogP contribution in [0.2, 0.25) is 0 Å². The fourth-order valence-corrected chi connectivity index (χ4v) is 2.01. The van der Waals surface area contributed by atoms with Crippen molar-refractivity contribution >= 4 is 17.3 Å². The maximum atomic E-state index is 10.8. The summed E-state index contributed by atoms with van der Waals surface area (Å²) in [6.07, 6.45) is 0.825. The number of carbonyl (C=O) groups excluding carboxylic acids is 1. The quantitative estimate of drug-likeness (QED) is 0.729. The van der Waals surface area contributed by atoms with Gasteiger partial charge in [-0.05, 0) is 30.3 Å². The van der Waals surface area contributed by atoms with E-state index in [1.54, 1.807) is 19.2 Å². The van der Waals surface area contributed by atoms with Crippen LogP contribution >= 0.6 is 0 Å². The van der Waals surface area contributed by atoms with Gasteiger partial charge in [-0.2, -0.15) is 0 Å². The zero-order chi connectivity index (χ0) is 13.2. The first-order valence-corrected chi connectivity index (χ1v) is 5.89. The standard InChI is InChI=1S/C15H12N2O2/c1-19-12-4-2-3-11(8-12)15-16-13-6-5-10(9-18)7-14(13)17-15/h2-9H,1H3,(H,16,17). The molecule has 1 heterocycles. The van der Waals surface area contributed by atoms with Crippen molar-refractivity contribution in [3.63, 3.8) is 0 Å². The predicted molar refractivity (Wildman–Crippen MR) is 73.5 cm³/mol. The first-order chi connectivity index (χ1) is 9.30. The number of aromatic amines is 1. The van der Waals surface area contributed by atoms with Gasteiger partial charge >= 0.3 is 0 Å². The molecule has 0 spiro atoms. The molecule has 0 amide bonds. The number of aromatic nitrogens is 2. The van der Waals surface area contributed by atoms with Crippen molar-refractivity contribution in [3.05, 3.63) is 48.0 Å². The number of ether oxygens (including phenoxy) is 1. The topological polar surface area (TPSA) is 55.0 Å². The summed E-state index contributed by atoms with van der Waals surface area (Å²) in [5.74, 6) is 1.54. The van der Waals surface area contributed by atoms with Crippen LogP contribution in [0.25, 0.3) is 22.4 Å². The zero-order valence-corrected chi connectivity index (χ0v) is 10.4. The van der Waals surface area contributed by atoms with Gasteiger partial charge in [-0.3, -0.25) is 4.79 Å². The monoisotopic (exact) mass is 252 g/mol. The molecule has 3 rings (SSSR count). The van der Waals surface area contributed by atoms with Crippen LogP contribution in [0.5, 0.6) is 5.75 Å². The van der Waals surface area contributed by atoms with Crippen LogP contribution in [0.3, 0.4) is 0 Å². The van der Waals surface area contributed by atoms with Crippen LogP contribution in [0.15, 0.2) is 42.5 Å². The van der Waals surface area contributed by atoms with E-state index in [4.69, 9.17) is 4.74 Å². The molecule has 0 bridgehead atoms. The number of imidazole rings is 1. The molecule has 0 radical (unpaired) electrons. The number of nitrogens with zero attached hydrogens (tertiary/aromatic N) is 1. The van der Waals surface area contributed by atoms with E-state index >= 15 is 0 Å². The molecule has 0 aliphatic heterocycles. The Morgan fingerprint density at radius 1 is 1.21 bits per heavy atom. The third kappa shape index (κ3) is 2.08. The Morgan fingerprint density at radius 2 is 2.11 bits per heavy atom. The minimum atomic E-state index is 0.633. The molecule has 3 aromatic rings. The van der Waals surface area contributed by atoms with Gasteiger partial charge in [-0.15, -0.1) is 0 Å². The largest absolute Gasteiger partial charge is 0.497 e. The van der Waals surface area contributed by atoms with E-state index in [9.17, 15) is 4.79 Å².